The molecule has 0 fully saturated rings. The molecule has 0 aliphatic rings. The standard InChI is InChI=1S/C2H14B2N2/c1-6(2)4-5-3/h6H,4-5H2,1-3H3. The van der Waals surface area contributed by atoms with E-state index in [9.17, 15) is 0 Å². The summed E-state index contributed by atoms with van der Waals surface area (Å²) in [6.07, 6.45) is 0. The Morgan fingerprint density at radius 1 is 1.67 bits per heavy atom. The summed E-state index contributed by atoms with van der Waals surface area (Å²) in [6, 6.07) is 0. The fraction of sp³-hybridized carbons (Fsp3) is 1.00. The van der Waals surface area contributed by atoms with E-state index in [1.54, 1.807) is 4.81 Å². The van der Waals surface area contributed by atoms with Crippen LogP contribution in [0.1, 0.15) is 0 Å². The Bertz CT molecular complexity index is 30.7. The number of quaternary nitrogens is 2. The third kappa shape index (κ3) is 4.05. The first-order valence-electron chi connectivity index (χ1n) is 2.08. The van der Waals surface area contributed by atoms with Crippen molar-refractivity contribution in [3.63, 3.8) is 0 Å². The van der Waals surface area contributed by atoms with Crippen molar-refractivity contribution in [3.05, 3.63) is 0 Å². The van der Waals surface area contributed by atoms with E-state index >= 15 is 0 Å². The van der Waals surface area contributed by atoms with Gasteiger partial charge in [0.15, 0.2) is 0 Å². The Hall–Kier alpha value is 0.0499. The van der Waals surface area contributed by atoms with Gasteiger partial charge in [0.25, 0.3) is 0 Å². The van der Waals surface area contributed by atoms with Crippen LogP contribution in [-0.4, -0.2) is 29.6 Å². The maximum atomic E-state index is 2.54. The number of rotatable bonds is 2. The van der Waals surface area contributed by atoms with Crippen LogP contribution in [0.25, 0.3) is 0 Å². The van der Waals surface area contributed by atoms with Gasteiger partial charge in [-0.1, -0.05) is 0 Å². The highest BCUT2D eigenvalue weighted by Gasteiger charge is 1.78. The molecule has 0 radical (unpaired) electrons. The first-order valence-corrected chi connectivity index (χ1v) is 2.08. The van der Waals surface area contributed by atoms with Crippen LogP contribution < -0.4 is 9.95 Å². The van der Waals surface area contributed by atoms with Crippen LogP contribution in [0.3, 0.4) is 0 Å². The van der Waals surface area contributed by atoms with Crippen LogP contribution in [0, 0.1) is 0 Å². The minimum Gasteiger partial charge on any atom is -0.699 e. The quantitative estimate of drug-likeness (QED) is 0.315. The first-order chi connectivity index (χ1) is 2.77. The third-order valence-corrected chi connectivity index (χ3v) is 0.577. The van der Waals surface area contributed by atoms with Gasteiger partial charge in [0.1, 0.15) is 7.98 Å². The summed E-state index contributed by atoms with van der Waals surface area (Å²) >= 11 is 0. The second kappa shape index (κ2) is 3.25. The lowest BCUT2D eigenvalue weighted by Crippen LogP contribution is -3.20. The minimum atomic E-state index is 0.361. The molecular formula is C2H14B2N2. The van der Waals surface area contributed by atoms with E-state index in [-0.39, 0.29) is 0 Å². The lowest BCUT2D eigenvalue weighted by molar-refractivity contribution is -0.771. The van der Waals surface area contributed by atoms with Gasteiger partial charge in [-0.2, -0.15) is 0 Å². The molecule has 38 valence electrons. The van der Waals surface area contributed by atoms with Crippen LogP contribution in [0.15, 0.2) is 0 Å². The van der Waals surface area contributed by atoms with Crippen molar-refractivity contribution >= 4 is 15.5 Å². The molecule has 0 aromatic heterocycles. The predicted octanol–water partition coefficient (Wildman–Crippen LogP) is -5.03. The van der Waals surface area contributed by atoms with Gasteiger partial charge in [-0.3, -0.25) is 0 Å². The van der Waals surface area contributed by atoms with Crippen molar-refractivity contribution in [2.24, 2.45) is 0 Å². The average Bonchev–Trinajstić information content (AvgIpc) is 1.35. The Kier molecular flexibility index (Phi) is 3.27. The SMILES string of the molecule is [BH3-][NH2+][BH2-][NH+](C)C. The molecule has 0 saturated carbocycles. The highest BCUT2D eigenvalue weighted by Crippen LogP contribution is 0.950. The van der Waals surface area contributed by atoms with E-state index < -0.39 is 0 Å². The number of nitrogens with two attached hydrogens (primary N) is 1. The number of hydrogen-bond acceptors (Lipinski definition) is 0. The van der Waals surface area contributed by atoms with Crippen molar-refractivity contribution in [2.45, 2.75) is 0 Å². The van der Waals surface area contributed by atoms with Gasteiger partial charge in [0.05, 0.1) is 0 Å². The van der Waals surface area contributed by atoms with Gasteiger partial charge in [0, 0.05) is 14.1 Å². The summed E-state index contributed by atoms with van der Waals surface area (Å²) in [5.74, 6) is 0. The molecule has 0 saturated heterocycles. The Morgan fingerprint density at radius 3 is 2.17 bits per heavy atom. The van der Waals surface area contributed by atoms with Crippen LogP contribution in [0.4, 0.5) is 0 Å². The molecule has 0 heterocycles. The Morgan fingerprint density at radius 2 is 2.17 bits per heavy atom. The summed E-state index contributed by atoms with van der Waals surface area (Å²) in [4.78, 5) is 1.67. The fourth-order valence-corrected chi connectivity index (χ4v) is 0. The summed E-state index contributed by atoms with van der Waals surface area (Å²) in [5.41, 5.74) is 0. The Balaban J connectivity index is 2.63. The molecule has 0 atom stereocenters. The summed E-state index contributed by atoms with van der Waals surface area (Å²) < 4.78 is 0. The molecular weight excluding hydrogens is 73.7 g/mol. The molecule has 0 spiro atoms. The normalized spacial score (nSPS) is 10.0. The molecule has 0 aromatic carbocycles. The van der Waals surface area contributed by atoms with E-state index in [0.29, 0.717) is 15.5 Å². The molecule has 0 aliphatic carbocycles. The zero-order valence-corrected chi connectivity index (χ0v) is 4.08. The minimum absolute atomic E-state index is 0.361. The smallest absolute Gasteiger partial charge is 0.340 e. The van der Waals surface area contributed by atoms with E-state index in [2.05, 4.69) is 19.2 Å². The van der Waals surface area contributed by atoms with Gasteiger partial charge >= 0.3 is 7.55 Å². The summed E-state index contributed by atoms with van der Waals surface area (Å²) in [5, 5.41) is 2.54. The first kappa shape index (κ1) is 6.05. The molecule has 3 N–H and O–H groups in total. The van der Waals surface area contributed by atoms with Crippen molar-refractivity contribution in [1.82, 2.24) is 0 Å². The molecule has 0 aromatic rings. The molecule has 4 heteroatoms. The lowest BCUT2D eigenvalue weighted by Gasteiger charge is -2.12. The average molecular weight is 87.8 g/mol. The van der Waals surface area contributed by atoms with Crippen molar-refractivity contribution in [1.29, 1.82) is 0 Å². The topological polar surface area (TPSA) is 21.1 Å². The number of hydrogen-bond donors (Lipinski definition) is 2. The third-order valence-electron chi connectivity index (χ3n) is 0.577. The van der Waals surface area contributed by atoms with E-state index in [0.717, 1.165) is 0 Å². The Labute approximate surface area is 40.6 Å². The van der Waals surface area contributed by atoms with Crippen molar-refractivity contribution in [3.8, 4) is 0 Å². The zero-order chi connectivity index (χ0) is 4.99. The molecule has 2 nitrogen and oxygen atoms in total. The van der Waals surface area contributed by atoms with Crippen LogP contribution >= 0.6 is 0 Å². The molecule has 0 amide bonds. The maximum Gasteiger partial charge on any atom is 0.340 e. The van der Waals surface area contributed by atoms with Crippen LogP contribution in [0.2, 0.25) is 0 Å². The fourth-order valence-electron chi connectivity index (χ4n) is 0. The van der Waals surface area contributed by atoms with Crippen molar-refractivity contribution < 1.29 is 9.95 Å². The van der Waals surface area contributed by atoms with Crippen molar-refractivity contribution in [2.75, 3.05) is 14.1 Å². The van der Waals surface area contributed by atoms with Crippen LogP contribution in [0.5, 0.6) is 0 Å². The van der Waals surface area contributed by atoms with E-state index in [4.69, 9.17) is 0 Å². The van der Waals surface area contributed by atoms with E-state index in [1.165, 1.54) is 0 Å². The second-order valence-electron chi connectivity index (χ2n) is 1.79. The monoisotopic (exact) mass is 88.1 g/mol. The molecule has 6 heavy (non-hydrogen) atoms. The molecule has 0 bridgehead atoms. The largest absolute Gasteiger partial charge is 0.699 e. The van der Waals surface area contributed by atoms with Crippen LogP contribution in [-0.2, 0) is 0 Å². The molecule has 0 aliphatic heterocycles. The van der Waals surface area contributed by atoms with Gasteiger partial charge in [0.2, 0.25) is 0 Å². The maximum absolute atomic E-state index is 2.54. The summed E-state index contributed by atoms with van der Waals surface area (Å²) in [7, 11) is 5.46. The predicted molar refractivity (Wildman–Crippen MR) is 33.2 cm³/mol. The van der Waals surface area contributed by atoms with Gasteiger partial charge in [-0.25, -0.2) is 0 Å². The molecule has 0 unspecified atom stereocenters. The number of nitrogens with one attached hydrogen (secondary N) is 1. The summed E-state index contributed by atoms with van der Waals surface area (Å²) in [6.45, 7) is 0. The van der Waals surface area contributed by atoms with Gasteiger partial charge in [-0.05, 0) is 0 Å². The van der Waals surface area contributed by atoms with E-state index in [1.807, 2.05) is 0 Å². The highest BCUT2D eigenvalue weighted by molar-refractivity contribution is 6.19. The zero-order valence-electron chi connectivity index (χ0n) is 4.08. The highest BCUT2D eigenvalue weighted by atomic mass is 15.0. The van der Waals surface area contributed by atoms with Gasteiger partial charge < -0.3 is 9.95 Å². The molecule has 0 rings (SSSR count). The second-order valence-corrected chi connectivity index (χ2v) is 1.79. The van der Waals surface area contributed by atoms with Gasteiger partial charge in [-0.15, -0.1) is 0 Å². The lowest BCUT2D eigenvalue weighted by atomic mass is 10.1.